The average Bonchev–Trinajstić information content (AvgIpc) is 2.55. The lowest BCUT2D eigenvalue weighted by molar-refractivity contribution is 0.0942. The minimum absolute atomic E-state index is 0.107. The summed E-state index contributed by atoms with van der Waals surface area (Å²) in [4.78, 5) is 13.2. The number of ether oxygens (including phenoxy) is 1. The molecule has 2 rings (SSSR count). The van der Waals surface area contributed by atoms with Gasteiger partial charge in [0.25, 0.3) is 0 Å². The summed E-state index contributed by atoms with van der Waals surface area (Å²) in [5.41, 5.74) is 1.12. The van der Waals surface area contributed by atoms with Gasteiger partial charge in [-0.15, -0.1) is 0 Å². The highest BCUT2D eigenvalue weighted by Crippen LogP contribution is 2.42. The van der Waals surface area contributed by atoms with Crippen molar-refractivity contribution in [2.75, 3.05) is 7.11 Å². The van der Waals surface area contributed by atoms with Gasteiger partial charge in [-0.25, -0.2) is 0 Å². The van der Waals surface area contributed by atoms with Crippen molar-refractivity contribution in [2.45, 2.75) is 24.9 Å². The fraction of sp³-hybridized carbons (Fsp3) is 0.278. The summed E-state index contributed by atoms with van der Waals surface area (Å²) in [6, 6.07) is 14.4. The molecule has 0 aliphatic rings. The summed E-state index contributed by atoms with van der Waals surface area (Å²) < 4.78 is 17.0. The van der Waals surface area contributed by atoms with Crippen molar-refractivity contribution < 1.29 is 14.1 Å². The van der Waals surface area contributed by atoms with Gasteiger partial charge in [0.1, 0.15) is 5.75 Å². The lowest BCUT2D eigenvalue weighted by Crippen LogP contribution is -2.30. The maximum absolute atomic E-state index is 13.2. The first kappa shape index (κ1) is 17.7. The van der Waals surface area contributed by atoms with Crippen molar-refractivity contribution in [3.8, 4) is 5.75 Å². The number of Topliss-reactive ketones (excluding diaryl/α,β-unsaturated/α-hetero) is 1. The summed E-state index contributed by atoms with van der Waals surface area (Å²) in [7, 11) is 1.39. The van der Waals surface area contributed by atoms with E-state index in [1.165, 1.54) is 7.11 Å². The highest BCUT2D eigenvalue weighted by atomic mass is 35.5. The topological polar surface area (TPSA) is 43.4 Å². The standard InChI is InChI=1S/C18H18ClO3P/c1-18(2,23-21)16(12-8-5-4-6-9-12)17(20)15-13(19)10-7-11-14(15)22-3/h4-11,16H,1-3H3. The lowest BCUT2D eigenvalue weighted by Gasteiger charge is -2.28. The predicted molar refractivity (Wildman–Crippen MR) is 93.2 cm³/mol. The van der Waals surface area contributed by atoms with Crippen LogP contribution in [-0.2, 0) is 4.57 Å². The summed E-state index contributed by atoms with van der Waals surface area (Å²) in [6.45, 7) is 3.58. The molecule has 0 saturated carbocycles. The zero-order valence-electron chi connectivity index (χ0n) is 13.2. The van der Waals surface area contributed by atoms with Crippen molar-refractivity contribution in [2.24, 2.45) is 0 Å². The van der Waals surface area contributed by atoms with Crippen LogP contribution in [0.2, 0.25) is 5.02 Å². The van der Waals surface area contributed by atoms with E-state index >= 15 is 0 Å². The second kappa shape index (κ2) is 7.25. The number of benzene rings is 2. The molecule has 3 nitrogen and oxygen atoms in total. The first-order chi connectivity index (χ1) is 10.9. The molecule has 0 N–H and O–H groups in total. The van der Waals surface area contributed by atoms with Crippen LogP contribution >= 0.6 is 20.1 Å². The molecule has 0 heterocycles. The van der Waals surface area contributed by atoms with Crippen LogP contribution in [0.1, 0.15) is 35.7 Å². The Bertz CT molecular complexity index is 713. The first-order valence-corrected chi connectivity index (χ1v) is 8.37. The number of methoxy groups -OCH3 is 1. The molecule has 0 fully saturated rings. The van der Waals surface area contributed by atoms with Crippen LogP contribution in [0.3, 0.4) is 0 Å². The zero-order chi connectivity index (χ0) is 17.0. The smallest absolute Gasteiger partial charge is 0.176 e. The maximum Gasteiger partial charge on any atom is 0.176 e. The van der Waals surface area contributed by atoms with Gasteiger partial charge in [-0.3, -0.25) is 9.36 Å². The van der Waals surface area contributed by atoms with E-state index in [4.69, 9.17) is 16.3 Å². The van der Waals surface area contributed by atoms with Gasteiger partial charge in [0.15, 0.2) is 14.2 Å². The molecular formula is C18H18ClO3P. The molecule has 0 aliphatic heterocycles. The van der Waals surface area contributed by atoms with E-state index in [0.29, 0.717) is 16.3 Å². The van der Waals surface area contributed by atoms with Crippen molar-refractivity contribution in [1.82, 2.24) is 0 Å². The van der Waals surface area contributed by atoms with Gasteiger partial charge < -0.3 is 4.74 Å². The van der Waals surface area contributed by atoms with Gasteiger partial charge in [-0.2, -0.15) is 0 Å². The number of hydrogen-bond donors (Lipinski definition) is 0. The quantitative estimate of drug-likeness (QED) is 0.519. The number of halogens is 1. The molecule has 1 atom stereocenters. The number of rotatable bonds is 6. The molecule has 0 saturated heterocycles. The average molecular weight is 349 g/mol. The number of ketones is 1. The van der Waals surface area contributed by atoms with Crippen molar-refractivity contribution in [3.63, 3.8) is 0 Å². The predicted octanol–water partition coefficient (Wildman–Crippen LogP) is 5.39. The molecule has 120 valence electrons. The Labute approximate surface area is 142 Å². The molecule has 0 radical (unpaired) electrons. The molecule has 23 heavy (non-hydrogen) atoms. The van der Waals surface area contributed by atoms with Crippen LogP contribution in [0.15, 0.2) is 48.5 Å². The summed E-state index contributed by atoms with van der Waals surface area (Å²) in [6.07, 6.45) is 0. The van der Waals surface area contributed by atoms with Gasteiger partial charge in [-0.1, -0.05) is 48.0 Å². The normalized spacial score (nSPS) is 12.9. The van der Waals surface area contributed by atoms with Crippen LogP contribution < -0.4 is 4.74 Å². The minimum Gasteiger partial charge on any atom is -0.496 e. The SMILES string of the molecule is COc1cccc(Cl)c1C(=O)C(c1ccccc1)C(C)(C)P=O. The molecule has 0 spiro atoms. The van der Waals surface area contributed by atoms with E-state index in [1.807, 2.05) is 30.3 Å². The van der Waals surface area contributed by atoms with E-state index in [0.717, 1.165) is 5.56 Å². The van der Waals surface area contributed by atoms with E-state index in [9.17, 15) is 9.36 Å². The minimum atomic E-state index is -0.775. The number of carbonyl (C=O) groups is 1. The van der Waals surface area contributed by atoms with Crippen molar-refractivity contribution >= 4 is 25.8 Å². The largest absolute Gasteiger partial charge is 0.496 e. The van der Waals surface area contributed by atoms with Gasteiger partial charge in [-0.05, 0) is 31.5 Å². The van der Waals surface area contributed by atoms with Crippen LogP contribution in [0.25, 0.3) is 0 Å². The molecule has 2 aromatic carbocycles. The third-order valence-electron chi connectivity index (χ3n) is 3.78. The Morgan fingerprint density at radius 2 is 1.78 bits per heavy atom. The molecule has 0 aromatic heterocycles. The Kier molecular flexibility index (Phi) is 5.56. The lowest BCUT2D eigenvalue weighted by atomic mass is 9.81. The number of carbonyl (C=O) groups excluding carboxylic acids is 1. The Balaban J connectivity index is 2.62. The molecule has 0 bridgehead atoms. The summed E-state index contributed by atoms with van der Waals surface area (Å²) in [5.74, 6) is -0.384. The first-order valence-electron chi connectivity index (χ1n) is 7.18. The zero-order valence-corrected chi connectivity index (χ0v) is 14.9. The Hall–Kier alpha value is -1.70. The Morgan fingerprint density at radius 1 is 1.13 bits per heavy atom. The molecule has 1 unspecified atom stereocenters. The third-order valence-corrected chi connectivity index (χ3v) is 4.82. The summed E-state index contributed by atoms with van der Waals surface area (Å²) in [5, 5.41) is -0.448. The van der Waals surface area contributed by atoms with E-state index in [2.05, 4.69) is 0 Å². The van der Waals surface area contributed by atoms with Crippen LogP contribution in [0.4, 0.5) is 0 Å². The molecule has 0 amide bonds. The van der Waals surface area contributed by atoms with Gasteiger partial charge in [0.05, 0.1) is 28.8 Å². The van der Waals surface area contributed by atoms with Crippen LogP contribution in [0.5, 0.6) is 5.75 Å². The van der Waals surface area contributed by atoms with Crippen LogP contribution in [0, 0.1) is 0 Å². The second-order valence-corrected chi connectivity index (χ2v) is 7.51. The highest BCUT2D eigenvalue weighted by molar-refractivity contribution is 7.26. The van der Waals surface area contributed by atoms with Gasteiger partial charge in [0, 0.05) is 0 Å². The fourth-order valence-corrected chi connectivity index (χ4v) is 3.27. The van der Waals surface area contributed by atoms with Crippen molar-refractivity contribution in [1.29, 1.82) is 0 Å². The monoisotopic (exact) mass is 348 g/mol. The second-order valence-electron chi connectivity index (χ2n) is 5.77. The summed E-state index contributed by atoms with van der Waals surface area (Å²) >= 11 is 6.25. The van der Waals surface area contributed by atoms with Gasteiger partial charge in [0.2, 0.25) is 0 Å². The van der Waals surface area contributed by atoms with Crippen molar-refractivity contribution in [3.05, 3.63) is 64.7 Å². The Morgan fingerprint density at radius 3 is 2.35 bits per heavy atom. The maximum atomic E-state index is 13.2. The van der Waals surface area contributed by atoms with E-state index in [1.54, 1.807) is 32.0 Å². The number of hydrogen-bond acceptors (Lipinski definition) is 3. The molecular weight excluding hydrogens is 331 g/mol. The van der Waals surface area contributed by atoms with E-state index < -0.39 is 11.1 Å². The molecule has 5 heteroatoms. The van der Waals surface area contributed by atoms with Crippen LogP contribution in [-0.4, -0.2) is 18.0 Å². The molecule has 2 aromatic rings. The van der Waals surface area contributed by atoms with E-state index in [-0.39, 0.29) is 14.2 Å². The third kappa shape index (κ3) is 3.63. The highest BCUT2D eigenvalue weighted by Gasteiger charge is 2.39. The fourth-order valence-electron chi connectivity index (χ4n) is 2.64. The van der Waals surface area contributed by atoms with Gasteiger partial charge >= 0.3 is 0 Å². The molecule has 0 aliphatic carbocycles.